The maximum absolute atomic E-state index is 12.0. The van der Waals surface area contributed by atoms with E-state index in [0.717, 1.165) is 5.56 Å². The van der Waals surface area contributed by atoms with Crippen LogP contribution in [0.4, 0.5) is 0 Å². The van der Waals surface area contributed by atoms with E-state index in [0.29, 0.717) is 11.7 Å². The Kier molecular flexibility index (Phi) is 4.25. The van der Waals surface area contributed by atoms with Crippen LogP contribution < -0.4 is 5.32 Å². The number of carbonyl (C=O) groups is 1. The van der Waals surface area contributed by atoms with E-state index in [2.05, 4.69) is 15.5 Å². The number of aromatic nitrogens is 2. The molecule has 0 aliphatic rings. The van der Waals surface area contributed by atoms with Crippen LogP contribution in [0.15, 0.2) is 34.9 Å². The second kappa shape index (κ2) is 6.10. The average molecular weight is 261 g/mol. The molecule has 0 saturated heterocycles. The molecule has 1 amide bonds. The van der Waals surface area contributed by atoms with Crippen LogP contribution in [0.25, 0.3) is 0 Å². The molecule has 0 spiro atoms. The maximum atomic E-state index is 12.0. The third-order valence-electron chi connectivity index (χ3n) is 2.56. The van der Waals surface area contributed by atoms with Crippen molar-refractivity contribution in [1.82, 2.24) is 15.5 Å². The third-order valence-corrected chi connectivity index (χ3v) is 2.56. The molecule has 1 atom stereocenters. The molecule has 19 heavy (non-hydrogen) atoms. The van der Waals surface area contributed by atoms with Gasteiger partial charge in [0, 0.05) is 7.11 Å². The zero-order valence-corrected chi connectivity index (χ0v) is 10.8. The third kappa shape index (κ3) is 3.38. The van der Waals surface area contributed by atoms with Crippen LogP contribution in [0, 0.1) is 6.92 Å². The first-order valence-corrected chi connectivity index (χ1v) is 5.85. The summed E-state index contributed by atoms with van der Waals surface area (Å²) in [7, 11) is 1.49. The molecule has 0 aliphatic carbocycles. The fraction of sp³-hybridized carbons (Fsp3) is 0.308. The monoisotopic (exact) mass is 261 g/mol. The summed E-state index contributed by atoms with van der Waals surface area (Å²) in [4.78, 5) is 16.0. The number of rotatable bonds is 5. The Hall–Kier alpha value is -2.21. The van der Waals surface area contributed by atoms with Crippen LogP contribution in [0.3, 0.4) is 0 Å². The molecular formula is C13H15N3O3. The summed E-state index contributed by atoms with van der Waals surface area (Å²) in [5.74, 6) is 0.661. The predicted octanol–water partition coefficient (Wildman–Crippen LogP) is 1.38. The Morgan fingerprint density at radius 3 is 2.74 bits per heavy atom. The van der Waals surface area contributed by atoms with Gasteiger partial charge in [-0.3, -0.25) is 4.79 Å². The van der Waals surface area contributed by atoms with E-state index in [1.165, 1.54) is 7.11 Å². The largest absolute Gasteiger partial charge is 0.367 e. The Morgan fingerprint density at radius 1 is 1.42 bits per heavy atom. The highest BCUT2D eigenvalue weighted by Gasteiger charge is 2.20. The molecule has 1 unspecified atom stereocenters. The van der Waals surface area contributed by atoms with Crippen molar-refractivity contribution in [2.24, 2.45) is 0 Å². The molecule has 0 bridgehead atoms. The molecule has 0 fully saturated rings. The van der Waals surface area contributed by atoms with Crippen molar-refractivity contribution in [3.63, 3.8) is 0 Å². The van der Waals surface area contributed by atoms with E-state index in [1.54, 1.807) is 6.92 Å². The fourth-order valence-electron chi connectivity index (χ4n) is 1.69. The highest BCUT2D eigenvalue weighted by atomic mass is 16.5. The lowest BCUT2D eigenvalue weighted by Crippen LogP contribution is -2.30. The molecule has 100 valence electrons. The molecule has 6 heteroatoms. The van der Waals surface area contributed by atoms with E-state index >= 15 is 0 Å². The Bertz CT molecular complexity index is 539. The van der Waals surface area contributed by atoms with Gasteiger partial charge in [-0.1, -0.05) is 35.5 Å². The number of methoxy groups -OCH3 is 1. The lowest BCUT2D eigenvalue weighted by Gasteiger charge is -2.14. The average Bonchev–Trinajstić information content (AvgIpc) is 2.84. The summed E-state index contributed by atoms with van der Waals surface area (Å²) < 4.78 is 10.1. The molecule has 1 heterocycles. The van der Waals surface area contributed by atoms with Crippen molar-refractivity contribution in [3.05, 3.63) is 47.6 Å². The van der Waals surface area contributed by atoms with Gasteiger partial charge in [0.2, 0.25) is 5.89 Å². The van der Waals surface area contributed by atoms with Gasteiger partial charge in [-0.2, -0.15) is 4.98 Å². The molecule has 1 N–H and O–H groups in total. The Balaban J connectivity index is 1.98. The predicted molar refractivity (Wildman–Crippen MR) is 67.1 cm³/mol. The summed E-state index contributed by atoms with van der Waals surface area (Å²) in [5.41, 5.74) is 0.796. The van der Waals surface area contributed by atoms with Gasteiger partial charge in [-0.05, 0) is 12.5 Å². The number of carbonyl (C=O) groups excluding carboxylic acids is 1. The van der Waals surface area contributed by atoms with Crippen molar-refractivity contribution in [2.45, 2.75) is 19.6 Å². The van der Waals surface area contributed by atoms with Crippen LogP contribution in [-0.2, 0) is 16.1 Å². The molecule has 6 nitrogen and oxygen atoms in total. The van der Waals surface area contributed by atoms with Gasteiger partial charge in [-0.25, -0.2) is 0 Å². The second-order valence-electron chi connectivity index (χ2n) is 3.98. The SMILES string of the molecule is COC(C(=O)NCc1nc(C)no1)c1ccccc1. The van der Waals surface area contributed by atoms with Gasteiger partial charge in [0.25, 0.3) is 5.91 Å². The number of nitrogens with one attached hydrogen (secondary N) is 1. The minimum absolute atomic E-state index is 0.187. The van der Waals surface area contributed by atoms with Crippen molar-refractivity contribution < 1.29 is 14.1 Å². The first kappa shape index (κ1) is 13.2. The van der Waals surface area contributed by atoms with Crippen LogP contribution in [0.5, 0.6) is 0 Å². The molecule has 0 radical (unpaired) electrons. The van der Waals surface area contributed by atoms with Gasteiger partial charge in [0.1, 0.15) is 0 Å². The number of hydrogen-bond donors (Lipinski definition) is 1. The molecule has 1 aromatic carbocycles. The molecule has 1 aromatic heterocycles. The first-order chi connectivity index (χ1) is 9.20. The van der Waals surface area contributed by atoms with Crippen LogP contribution in [-0.4, -0.2) is 23.2 Å². The highest BCUT2D eigenvalue weighted by molar-refractivity contribution is 5.82. The van der Waals surface area contributed by atoms with Crippen molar-refractivity contribution in [3.8, 4) is 0 Å². The minimum atomic E-state index is -0.648. The zero-order chi connectivity index (χ0) is 13.7. The van der Waals surface area contributed by atoms with Gasteiger partial charge in [0.15, 0.2) is 11.9 Å². The molecule has 2 aromatic rings. The smallest absolute Gasteiger partial charge is 0.254 e. The van der Waals surface area contributed by atoms with Crippen molar-refractivity contribution in [2.75, 3.05) is 7.11 Å². The lowest BCUT2D eigenvalue weighted by atomic mass is 10.1. The standard InChI is InChI=1S/C13H15N3O3/c1-9-15-11(19-16-9)8-14-13(17)12(18-2)10-6-4-3-5-7-10/h3-7,12H,8H2,1-2H3,(H,14,17). The zero-order valence-electron chi connectivity index (χ0n) is 10.8. The Morgan fingerprint density at radius 2 is 2.16 bits per heavy atom. The maximum Gasteiger partial charge on any atom is 0.254 e. The molecule has 0 saturated carbocycles. The second-order valence-corrected chi connectivity index (χ2v) is 3.98. The van der Waals surface area contributed by atoms with Gasteiger partial charge >= 0.3 is 0 Å². The summed E-state index contributed by atoms with van der Waals surface area (Å²) in [6.45, 7) is 1.91. The molecular weight excluding hydrogens is 246 g/mol. The van der Waals surface area contributed by atoms with Gasteiger partial charge < -0.3 is 14.6 Å². The number of benzene rings is 1. The quantitative estimate of drug-likeness (QED) is 0.879. The molecule has 2 rings (SSSR count). The molecule has 0 aliphatic heterocycles. The number of amides is 1. The minimum Gasteiger partial charge on any atom is -0.367 e. The van der Waals surface area contributed by atoms with Crippen LogP contribution in [0.2, 0.25) is 0 Å². The summed E-state index contributed by atoms with van der Waals surface area (Å²) in [6, 6.07) is 9.27. The fourth-order valence-corrected chi connectivity index (χ4v) is 1.69. The highest BCUT2D eigenvalue weighted by Crippen LogP contribution is 2.16. The van der Waals surface area contributed by atoms with Crippen molar-refractivity contribution in [1.29, 1.82) is 0 Å². The van der Waals surface area contributed by atoms with E-state index in [1.807, 2.05) is 30.3 Å². The lowest BCUT2D eigenvalue weighted by molar-refractivity contribution is -0.131. The first-order valence-electron chi connectivity index (χ1n) is 5.85. The van der Waals surface area contributed by atoms with E-state index in [-0.39, 0.29) is 12.5 Å². The van der Waals surface area contributed by atoms with E-state index < -0.39 is 6.10 Å². The number of hydrogen-bond acceptors (Lipinski definition) is 5. The van der Waals surface area contributed by atoms with E-state index in [9.17, 15) is 4.79 Å². The number of ether oxygens (including phenoxy) is 1. The summed E-state index contributed by atoms with van der Waals surface area (Å²) >= 11 is 0. The summed E-state index contributed by atoms with van der Waals surface area (Å²) in [5, 5.41) is 6.35. The van der Waals surface area contributed by atoms with Gasteiger partial charge in [-0.15, -0.1) is 0 Å². The van der Waals surface area contributed by atoms with Crippen molar-refractivity contribution >= 4 is 5.91 Å². The van der Waals surface area contributed by atoms with Crippen LogP contribution in [0.1, 0.15) is 23.4 Å². The van der Waals surface area contributed by atoms with Gasteiger partial charge in [0.05, 0.1) is 6.54 Å². The summed E-state index contributed by atoms with van der Waals surface area (Å²) in [6.07, 6.45) is -0.648. The normalized spacial score (nSPS) is 12.1. The topological polar surface area (TPSA) is 77.2 Å². The Labute approximate surface area is 110 Å². The number of nitrogens with zero attached hydrogens (tertiary/aromatic N) is 2. The van der Waals surface area contributed by atoms with Crippen LogP contribution >= 0.6 is 0 Å². The number of aryl methyl sites for hydroxylation is 1. The van der Waals surface area contributed by atoms with E-state index in [4.69, 9.17) is 9.26 Å².